The van der Waals surface area contributed by atoms with E-state index in [1.54, 1.807) is 43.3 Å². The lowest BCUT2D eigenvalue weighted by Crippen LogP contribution is -2.23. The lowest BCUT2D eigenvalue weighted by Gasteiger charge is -2.07. The number of sulfonamides is 1. The molecule has 0 bridgehead atoms. The van der Waals surface area contributed by atoms with Crippen LogP contribution in [0.3, 0.4) is 0 Å². The zero-order valence-corrected chi connectivity index (χ0v) is 17.9. The maximum atomic E-state index is 12.5. The van der Waals surface area contributed by atoms with Gasteiger partial charge in [-0.3, -0.25) is 4.79 Å². The Kier molecular flexibility index (Phi) is 6.01. The van der Waals surface area contributed by atoms with Crippen molar-refractivity contribution in [2.75, 3.05) is 5.32 Å². The second-order valence-corrected chi connectivity index (χ2v) is 9.25. The largest absolute Gasteiger partial charge is 0.354 e. The maximum Gasteiger partial charge on any atom is 0.240 e. The van der Waals surface area contributed by atoms with Gasteiger partial charge in [0.25, 0.3) is 0 Å². The van der Waals surface area contributed by atoms with Gasteiger partial charge in [0.15, 0.2) is 5.76 Å². The number of nitrogens with one attached hydrogen (secondary N) is 2. The van der Waals surface area contributed by atoms with Crippen LogP contribution in [0.1, 0.15) is 35.4 Å². The number of hydrogen-bond donors (Lipinski definition) is 2. The number of carbonyl (C=O) groups excluding carboxylic acids is 1. The van der Waals surface area contributed by atoms with Gasteiger partial charge < -0.3 is 9.84 Å². The fourth-order valence-corrected chi connectivity index (χ4v) is 4.03. The molecule has 0 atom stereocenters. The molecule has 1 amide bonds. The van der Waals surface area contributed by atoms with Crippen LogP contribution in [0.15, 0.2) is 64.0 Å². The molecule has 1 aliphatic carbocycles. The van der Waals surface area contributed by atoms with E-state index in [2.05, 4.69) is 15.2 Å². The fraction of sp³-hybridized carbons (Fsp3) is 0.217. The third-order valence-electron chi connectivity index (χ3n) is 5.01. The van der Waals surface area contributed by atoms with Crippen molar-refractivity contribution < 1.29 is 17.7 Å². The number of aryl methyl sites for hydroxylation is 1. The Morgan fingerprint density at radius 3 is 2.48 bits per heavy atom. The molecule has 31 heavy (non-hydrogen) atoms. The molecule has 0 spiro atoms. The Morgan fingerprint density at radius 2 is 1.81 bits per heavy atom. The zero-order chi connectivity index (χ0) is 21.8. The molecule has 4 rings (SSSR count). The molecule has 3 aromatic rings. The Bertz CT molecular complexity index is 1200. The lowest BCUT2D eigenvalue weighted by molar-refractivity contribution is -0.117. The van der Waals surface area contributed by atoms with Gasteiger partial charge >= 0.3 is 0 Å². The van der Waals surface area contributed by atoms with Gasteiger partial charge in [-0.05, 0) is 49.1 Å². The minimum atomic E-state index is -3.61. The van der Waals surface area contributed by atoms with E-state index >= 15 is 0 Å². The Balaban J connectivity index is 1.43. The average molecular weight is 438 g/mol. The molecule has 0 radical (unpaired) electrons. The van der Waals surface area contributed by atoms with E-state index < -0.39 is 10.0 Å². The van der Waals surface area contributed by atoms with Crippen molar-refractivity contribution in [3.63, 3.8) is 0 Å². The Labute approximate surface area is 181 Å². The molecule has 0 unspecified atom stereocenters. The molecule has 1 saturated carbocycles. The zero-order valence-electron chi connectivity index (χ0n) is 17.0. The number of aromatic nitrogens is 1. The van der Waals surface area contributed by atoms with Crippen molar-refractivity contribution in [2.45, 2.75) is 31.2 Å². The smallest absolute Gasteiger partial charge is 0.240 e. The highest BCUT2D eigenvalue weighted by molar-refractivity contribution is 7.89. The van der Waals surface area contributed by atoms with Crippen LogP contribution in [0, 0.1) is 12.8 Å². The highest BCUT2D eigenvalue weighted by Gasteiger charge is 2.30. The van der Waals surface area contributed by atoms with Crippen LogP contribution >= 0.6 is 0 Å². The summed E-state index contributed by atoms with van der Waals surface area (Å²) in [6, 6.07) is 15.9. The highest BCUT2D eigenvalue weighted by atomic mass is 32.2. The van der Waals surface area contributed by atoms with Crippen LogP contribution in [-0.2, 0) is 21.4 Å². The molecule has 160 valence electrons. The van der Waals surface area contributed by atoms with Crippen LogP contribution in [0.5, 0.6) is 0 Å². The van der Waals surface area contributed by atoms with Gasteiger partial charge in [-0.2, -0.15) is 0 Å². The molecule has 8 heteroatoms. The summed E-state index contributed by atoms with van der Waals surface area (Å²) in [7, 11) is -3.61. The van der Waals surface area contributed by atoms with Crippen LogP contribution in [0.25, 0.3) is 12.2 Å². The number of anilines is 1. The molecule has 0 saturated heterocycles. The molecule has 1 fully saturated rings. The Hall–Kier alpha value is -3.23. The predicted octanol–water partition coefficient (Wildman–Crippen LogP) is 3.98. The highest BCUT2D eigenvalue weighted by Crippen LogP contribution is 2.32. The average Bonchev–Trinajstić information content (AvgIpc) is 3.58. The minimum Gasteiger partial charge on any atom is -0.354 e. The second-order valence-electron chi connectivity index (χ2n) is 7.48. The summed E-state index contributed by atoms with van der Waals surface area (Å²) in [6.45, 7) is 2.00. The van der Waals surface area contributed by atoms with E-state index in [0.717, 1.165) is 24.0 Å². The summed E-state index contributed by atoms with van der Waals surface area (Å²) >= 11 is 0. The summed E-state index contributed by atoms with van der Waals surface area (Å²) in [5.41, 5.74) is 2.85. The quantitative estimate of drug-likeness (QED) is 0.555. The first kappa shape index (κ1) is 21.0. The predicted molar refractivity (Wildman–Crippen MR) is 118 cm³/mol. The maximum absolute atomic E-state index is 12.5. The molecule has 1 aromatic heterocycles. The number of amides is 1. The summed E-state index contributed by atoms with van der Waals surface area (Å²) in [6.07, 6.45) is 5.31. The molecule has 2 N–H and O–H groups in total. The number of benzene rings is 2. The third kappa shape index (κ3) is 5.28. The van der Waals surface area contributed by atoms with E-state index in [9.17, 15) is 13.2 Å². The van der Waals surface area contributed by atoms with Crippen molar-refractivity contribution >= 4 is 33.8 Å². The molecule has 7 nitrogen and oxygen atoms in total. The molecular weight excluding hydrogens is 414 g/mol. The summed E-state index contributed by atoms with van der Waals surface area (Å²) in [5.74, 6) is 0.516. The summed E-state index contributed by atoms with van der Waals surface area (Å²) in [5, 5.41) is 6.80. The van der Waals surface area contributed by atoms with Crippen LogP contribution in [0.4, 0.5) is 5.69 Å². The summed E-state index contributed by atoms with van der Waals surface area (Å²) < 4.78 is 32.9. The fourth-order valence-electron chi connectivity index (χ4n) is 3.01. The number of hydrogen-bond acceptors (Lipinski definition) is 5. The van der Waals surface area contributed by atoms with E-state index in [4.69, 9.17) is 4.52 Å². The van der Waals surface area contributed by atoms with Gasteiger partial charge in [-0.15, -0.1) is 0 Å². The second kappa shape index (κ2) is 8.87. The van der Waals surface area contributed by atoms with E-state index in [-0.39, 0.29) is 23.3 Å². The molecule has 0 aliphatic heterocycles. The van der Waals surface area contributed by atoms with Crippen molar-refractivity contribution in [1.29, 1.82) is 0 Å². The summed E-state index contributed by atoms with van der Waals surface area (Å²) in [4.78, 5) is 12.2. The first-order valence-corrected chi connectivity index (χ1v) is 11.5. The first-order chi connectivity index (χ1) is 14.9. The molecule has 2 aromatic carbocycles. The molecule has 1 heterocycles. The Morgan fingerprint density at radius 1 is 1.10 bits per heavy atom. The van der Waals surface area contributed by atoms with Gasteiger partial charge in [0.2, 0.25) is 15.9 Å². The van der Waals surface area contributed by atoms with Gasteiger partial charge in [0.1, 0.15) is 11.4 Å². The number of rotatable bonds is 8. The lowest BCUT2D eigenvalue weighted by atomic mass is 10.2. The van der Waals surface area contributed by atoms with Crippen LogP contribution < -0.4 is 10.0 Å². The monoisotopic (exact) mass is 437 g/mol. The minimum absolute atomic E-state index is 0.0153. The van der Waals surface area contributed by atoms with E-state index in [0.29, 0.717) is 17.1 Å². The van der Waals surface area contributed by atoms with Crippen molar-refractivity contribution in [1.82, 2.24) is 9.88 Å². The van der Waals surface area contributed by atoms with Gasteiger partial charge in [-0.1, -0.05) is 53.7 Å². The standard InChI is InChI=1S/C23H23N3O4S/c1-16-22(25-23(27)19-10-11-19)21(30-26-16)14-9-17-7-12-20(13-8-17)31(28,29)24-15-18-5-3-2-4-6-18/h2-9,12-14,19,24H,10-11,15H2,1H3,(H,25,27)/b14-9-. The van der Waals surface area contributed by atoms with Crippen molar-refractivity contribution in [3.8, 4) is 0 Å². The van der Waals surface area contributed by atoms with Gasteiger partial charge in [0.05, 0.1) is 4.90 Å². The van der Waals surface area contributed by atoms with Crippen LogP contribution in [0.2, 0.25) is 0 Å². The number of carbonyl (C=O) groups is 1. The molecular formula is C23H23N3O4S. The first-order valence-electron chi connectivity index (χ1n) is 10.0. The van der Waals surface area contributed by atoms with E-state index in [1.807, 2.05) is 30.3 Å². The van der Waals surface area contributed by atoms with E-state index in [1.165, 1.54) is 0 Å². The van der Waals surface area contributed by atoms with Gasteiger partial charge in [0, 0.05) is 12.5 Å². The topological polar surface area (TPSA) is 101 Å². The normalized spacial score (nSPS) is 14.1. The molecule has 1 aliphatic rings. The SMILES string of the molecule is Cc1noc(/C=C\c2ccc(S(=O)(=O)NCc3ccccc3)cc2)c1NC(=O)C1CC1. The third-order valence-corrected chi connectivity index (χ3v) is 6.43. The van der Waals surface area contributed by atoms with Crippen molar-refractivity contribution in [3.05, 3.63) is 77.2 Å². The van der Waals surface area contributed by atoms with Crippen LogP contribution in [-0.4, -0.2) is 19.5 Å². The number of nitrogens with zero attached hydrogens (tertiary/aromatic N) is 1. The van der Waals surface area contributed by atoms with Crippen molar-refractivity contribution in [2.24, 2.45) is 5.92 Å². The van der Waals surface area contributed by atoms with Gasteiger partial charge in [-0.25, -0.2) is 13.1 Å².